The summed E-state index contributed by atoms with van der Waals surface area (Å²) in [5.74, 6) is 2.21. The monoisotopic (exact) mass is 262 g/mol. The van der Waals surface area contributed by atoms with Crippen LogP contribution in [0.25, 0.3) is 0 Å². The Bertz CT molecular complexity index is 497. The maximum atomic E-state index is 12.4. The highest BCUT2D eigenvalue weighted by Gasteiger charge is 2.46. The van der Waals surface area contributed by atoms with E-state index < -0.39 is 0 Å². The number of thioether (sulfide) groups is 1. The second-order valence-corrected chi connectivity index (χ2v) is 6.83. The van der Waals surface area contributed by atoms with Crippen molar-refractivity contribution >= 4 is 17.5 Å². The Kier molecular flexibility index (Phi) is 2.89. The molecule has 1 fully saturated rings. The molecule has 2 heterocycles. The zero-order chi connectivity index (χ0) is 12.8. The van der Waals surface area contributed by atoms with Gasteiger partial charge >= 0.3 is 0 Å². The van der Waals surface area contributed by atoms with E-state index in [2.05, 4.69) is 6.92 Å². The summed E-state index contributed by atoms with van der Waals surface area (Å²) in [7, 11) is 0. The van der Waals surface area contributed by atoms with E-state index in [1.807, 2.05) is 36.9 Å². The minimum atomic E-state index is -0.262. The van der Waals surface area contributed by atoms with Crippen molar-refractivity contribution in [2.45, 2.75) is 44.0 Å². The van der Waals surface area contributed by atoms with Gasteiger partial charge in [-0.2, -0.15) is 11.8 Å². The summed E-state index contributed by atoms with van der Waals surface area (Å²) in [6.07, 6.45) is 2.68. The number of hydrogen-bond donors (Lipinski definition) is 0. The van der Waals surface area contributed by atoms with Gasteiger partial charge in [0.05, 0.1) is 12.0 Å². The number of ether oxygens (including phenoxy) is 1. The van der Waals surface area contributed by atoms with Crippen LogP contribution in [-0.2, 0) is 0 Å². The smallest absolute Gasteiger partial charge is 0.170 e. The molecule has 0 saturated carbocycles. The van der Waals surface area contributed by atoms with Gasteiger partial charge in [0.15, 0.2) is 5.78 Å². The second-order valence-electron chi connectivity index (χ2n) is 5.38. The van der Waals surface area contributed by atoms with Gasteiger partial charge in [-0.3, -0.25) is 4.79 Å². The molecule has 1 spiro atoms. The van der Waals surface area contributed by atoms with Crippen LogP contribution in [0.4, 0.5) is 0 Å². The Morgan fingerprint density at radius 2 is 2.28 bits per heavy atom. The molecule has 3 heteroatoms. The number of hydrogen-bond acceptors (Lipinski definition) is 3. The summed E-state index contributed by atoms with van der Waals surface area (Å²) in [5.41, 5.74) is 1.62. The van der Waals surface area contributed by atoms with Crippen molar-refractivity contribution in [3.8, 4) is 5.75 Å². The van der Waals surface area contributed by atoms with Crippen LogP contribution in [0, 0.1) is 6.92 Å². The van der Waals surface area contributed by atoms with Gasteiger partial charge in [0.25, 0.3) is 0 Å². The first-order valence-electron chi connectivity index (χ1n) is 6.55. The summed E-state index contributed by atoms with van der Waals surface area (Å²) in [5, 5.41) is 0.393. The molecule has 0 N–H and O–H groups in total. The fourth-order valence-corrected chi connectivity index (χ4v) is 4.14. The largest absolute Gasteiger partial charge is 0.485 e. The van der Waals surface area contributed by atoms with Crippen LogP contribution in [0.3, 0.4) is 0 Å². The first kappa shape index (κ1) is 12.1. The van der Waals surface area contributed by atoms with Gasteiger partial charge in [0.2, 0.25) is 0 Å². The number of carbonyl (C=O) groups excluding carboxylic acids is 1. The molecule has 0 bridgehead atoms. The fourth-order valence-electron chi connectivity index (χ4n) is 2.93. The molecule has 2 unspecified atom stereocenters. The average Bonchev–Trinajstić information content (AvgIpc) is 2.34. The van der Waals surface area contributed by atoms with Crippen LogP contribution < -0.4 is 4.74 Å². The van der Waals surface area contributed by atoms with Crippen molar-refractivity contribution in [2.75, 3.05) is 5.75 Å². The summed E-state index contributed by atoms with van der Waals surface area (Å²) < 4.78 is 6.26. The van der Waals surface area contributed by atoms with Crippen molar-refractivity contribution < 1.29 is 9.53 Å². The second kappa shape index (κ2) is 4.30. The fraction of sp³-hybridized carbons (Fsp3) is 0.533. The number of rotatable bonds is 0. The minimum Gasteiger partial charge on any atom is -0.485 e. The maximum absolute atomic E-state index is 12.4. The third-order valence-electron chi connectivity index (χ3n) is 4.06. The molecule has 1 aromatic carbocycles. The lowest BCUT2D eigenvalue weighted by Crippen LogP contribution is -2.51. The highest BCUT2D eigenvalue weighted by molar-refractivity contribution is 8.00. The molecule has 96 valence electrons. The number of benzene rings is 1. The molecule has 1 aromatic rings. The van der Waals surface area contributed by atoms with Gasteiger partial charge < -0.3 is 4.74 Å². The Balaban J connectivity index is 2.00. The van der Waals surface area contributed by atoms with Crippen molar-refractivity contribution in [2.24, 2.45) is 0 Å². The van der Waals surface area contributed by atoms with Crippen molar-refractivity contribution in [3.63, 3.8) is 0 Å². The quantitative estimate of drug-likeness (QED) is 0.714. The van der Waals surface area contributed by atoms with Crippen molar-refractivity contribution in [3.05, 3.63) is 29.3 Å². The Labute approximate surface area is 112 Å². The predicted molar refractivity (Wildman–Crippen MR) is 74.6 cm³/mol. The third kappa shape index (κ3) is 1.85. The standard InChI is InChI=1S/C15H18O2S/c1-10-4-5-14-12(8-10)13(16)9-15(17-14)6-3-7-18-11(15)2/h4-5,8,11H,3,6-7,9H2,1-2H3. The van der Waals surface area contributed by atoms with E-state index in [0.717, 1.165) is 29.7 Å². The Morgan fingerprint density at radius 3 is 3.06 bits per heavy atom. The van der Waals surface area contributed by atoms with Crippen LogP contribution in [0.1, 0.15) is 42.1 Å². The molecule has 2 aliphatic heterocycles. The average molecular weight is 262 g/mol. The Hall–Kier alpha value is -0.960. The molecular weight excluding hydrogens is 244 g/mol. The van der Waals surface area contributed by atoms with Crippen LogP contribution in [0.2, 0.25) is 0 Å². The number of aryl methyl sites for hydroxylation is 1. The predicted octanol–water partition coefficient (Wildman–Crippen LogP) is 3.61. The van der Waals surface area contributed by atoms with E-state index >= 15 is 0 Å². The van der Waals surface area contributed by atoms with Gasteiger partial charge in [-0.15, -0.1) is 0 Å². The molecule has 0 amide bonds. The lowest BCUT2D eigenvalue weighted by molar-refractivity contribution is 0.0329. The number of carbonyl (C=O) groups is 1. The normalized spacial score (nSPS) is 31.0. The summed E-state index contributed by atoms with van der Waals surface area (Å²) in [6, 6.07) is 5.92. The van der Waals surface area contributed by atoms with Gasteiger partial charge in [-0.05, 0) is 44.6 Å². The molecule has 2 aliphatic rings. The molecule has 0 aliphatic carbocycles. The first-order chi connectivity index (χ1) is 8.61. The van der Waals surface area contributed by atoms with E-state index in [4.69, 9.17) is 4.74 Å². The molecule has 2 atom stereocenters. The maximum Gasteiger partial charge on any atom is 0.170 e. The van der Waals surface area contributed by atoms with E-state index in [-0.39, 0.29) is 11.4 Å². The van der Waals surface area contributed by atoms with Crippen LogP contribution >= 0.6 is 11.8 Å². The number of ketones is 1. The number of Topliss-reactive ketones (excluding diaryl/α,β-unsaturated/α-hetero) is 1. The lowest BCUT2D eigenvalue weighted by atomic mass is 9.83. The van der Waals surface area contributed by atoms with E-state index in [9.17, 15) is 4.79 Å². The minimum absolute atomic E-state index is 0.245. The topological polar surface area (TPSA) is 26.3 Å². The van der Waals surface area contributed by atoms with E-state index in [1.54, 1.807) is 0 Å². The van der Waals surface area contributed by atoms with Crippen molar-refractivity contribution in [1.82, 2.24) is 0 Å². The van der Waals surface area contributed by atoms with Crippen LogP contribution in [-0.4, -0.2) is 22.4 Å². The van der Waals surface area contributed by atoms with Gasteiger partial charge in [-0.25, -0.2) is 0 Å². The van der Waals surface area contributed by atoms with Crippen molar-refractivity contribution in [1.29, 1.82) is 0 Å². The van der Waals surface area contributed by atoms with E-state index in [1.165, 1.54) is 5.75 Å². The van der Waals surface area contributed by atoms with Gasteiger partial charge in [0, 0.05) is 5.25 Å². The highest BCUT2D eigenvalue weighted by atomic mass is 32.2. The first-order valence-corrected chi connectivity index (χ1v) is 7.60. The van der Waals surface area contributed by atoms with Gasteiger partial charge in [0.1, 0.15) is 11.4 Å². The SMILES string of the molecule is Cc1ccc2c(c1)C(=O)CC1(CCCSC1C)O2. The van der Waals surface area contributed by atoms with Crippen LogP contribution in [0.15, 0.2) is 18.2 Å². The molecule has 0 aromatic heterocycles. The zero-order valence-electron chi connectivity index (χ0n) is 10.9. The molecular formula is C15H18O2S. The molecule has 18 heavy (non-hydrogen) atoms. The summed E-state index contributed by atoms with van der Waals surface area (Å²) in [6.45, 7) is 4.20. The molecule has 0 radical (unpaired) electrons. The van der Waals surface area contributed by atoms with E-state index in [0.29, 0.717) is 11.7 Å². The summed E-state index contributed by atoms with van der Waals surface area (Å²) >= 11 is 1.93. The molecule has 3 rings (SSSR count). The molecule has 2 nitrogen and oxygen atoms in total. The highest BCUT2D eigenvalue weighted by Crippen LogP contribution is 2.44. The Morgan fingerprint density at radius 1 is 1.44 bits per heavy atom. The van der Waals surface area contributed by atoms with Crippen LogP contribution in [0.5, 0.6) is 5.75 Å². The zero-order valence-corrected chi connectivity index (χ0v) is 11.7. The lowest BCUT2D eigenvalue weighted by Gasteiger charge is -2.44. The number of fused-ring (bicyclic) bond motifs is 1. The molecule has 1 saturated heterocycles. The van der Waals surface area contributed by atoms with Gasteiger partial charge in [-0.1, -0.05) is 11.6 Å². The third-order valence-corrected chi connectivity index (χ3v) is 5.52. The summed E-state index contributed by atoms with van der Waals surface area (Å²) in [4.78, 5) is 12.4.